The van der Waals surface area contributed by atoms with Gasteiger partial charge in [0.25, 0.3) is 5.91 Å². The Balaban J connectivity index is 1.61. The van der Waals surface area contributed by atoms with Crippen LogP contribution in [-0.4, -0.2) is 35.9 Å². The Hall–Kier alpha value is -3.37. The quantitative estimate of drug-likeness (QED) is 0.703. The van der Waals surface area contributed by atoms with E-state index in [4.69, 9.17) is 0 Å². The van der Waals surface area contributed by atoms with Crippen LogP contribution in [0.25, 0.3) is 5.82 Å². The van der Waals surface area contributed by atoms with Gasteiger partial charge in [0.05, 0.1) is 18.4 Å². The molecule has 1 aliphatic carbocycles. The molecule has 3 aromatic rings. The van der Waals surface area contributed by atoms with Gasteiger partial charge in [-0.2, -0.15) is 23.4 Å². The molecule has 1 unspecified atom stereocenters. The fourth-order valence-corrected chi connectivity index (χ4v) is 2.89. The standard InChI is InChI=1S/C18H16F3N7O/c1-10(15-16(23-5-4-22-15)28-24-6-7-25-28)26-17(29)12-8-13(11-2-3-11)27-14(9-12)18(19,20)21/h4-11H,2-3H2,1H3,(H,26,29). The first-order valence-corrected chi connectivity index (χ1v) is 8.90. The van der Waals surface area contributed by atoms with Gasteiger partial charge in [-0.25, -0.2) is 9.97 Å². The van der Waals surface area contributed by atoms with Crippen molar-refractivity contribution >= 4 is 5.91 Å². The van der Waals surface area contributed by atoms with E-state index in [0.717, 1.165) is 18.9 Å². The van der Waals surface area contributed by atoms with Crippen LogP contribution in [0.1, 0.15) is 59.2 Å². The zero-order valence-corrected chi connectivity index (χ0v) is 15.3. The Morgan fingerprint density at radius 3 is 2.48 bits per heavy atom. The minimum Gasteiger partial charge on any atom is -0.344 e. The summed E-state index contributed by atoms with van der Waals surface area (Å²) in [7, 11) is 0. The molecule has 1 aliphatic rings. The minimum atomic E-state index is -4.63. The normalized spacial score (nSPS) is 15.2. The molecule has 1 saturated carbocycles. The summed E-state index contributed by atoms with van der Waals surface area (Å²) in [5, 5.41) is 10.7. The van der Waals surface area contributed by atoms with Gasteiger partial charge in [0.15, 0.2) is 5.82 Å². The molecule has 0 aromatic carbocycles. The molecule has 3 aromatic heterocycles. The topological polar surface area (TPSA) is 98.5 Å². The second kappa shape index (κ2) is 7.22. The predicted octanol–water partition coefficient (Wildman–Crippen LogP) is 2.84. The fourth-order valence-electron chi connectivity index (χ4n) is 2.89. The second-order valence-electron chi connectivity index (χ2n) is 6.72. The lowest BCUT2D eigenvalue weighted by atomic mass is 10.1. The van der Waals surface area contributed by atoms with Crippen LogP contribution in [0.2, 0.25) is 0 Å². The third-order valence-corrected chi connectivity index (χ3v) is 4.47. The van der Waals surface area contributed by atoms with E-state index in [0.29, 0.717) is 17.2 Å². The molecule has 0 aliphatic heterocycles. The summed E-state index contributed by atoms with van der Waals surface area (Å²) in [6.07, 6.45) is 2.75. The van der Waals surface area contributed by atoms with Crippen molar-refractivity contribution in [3.8, 4) is 5.82 Å². The number of carbonyl (C=O) groups excluding carboxylic acids is 1. The third kappa shape index (κ3) is 4.08. The third-order valence-electron chi connectivity index (χ3n) is 4.47. The summed E-state index contributed by atoms with van der Waals surface area (Å²) in [6, 6.07) is 1.53. The molecule has 29 heavy (non-hydrogen) atoms. The van der Waals surface area contributed by atoms with Crippen molar-refractivity contribution in [2.24, 2.45) is 0 Å². The van der Waals surface area contributed by atoms with E-state index in [9.17, 15) is 18.0 Å². The van der Waals surface area contributed by atoms with E-state index < -0.39 is 23.8 Å². The van der Waals surface area contributed by atoms with Gasteiger partial charge in [-0.05, 0) is 31.9 Å². The molecule has 0 spiro atoms. The highest BCUT2D eigenvalue weighted by Gasteiger charge is 2.36. The smallest absolute Gasteiger partial charge is 0.344 e. The van der Waals surface area contributed by atoms with Crippen LogP contribution in [0.4, 0.5) is 13.2 Å². The molecule has 8 nitrogen and oxygen atoms in total. The number of carbonyl (C=O) groups is 1. The highest BCUT2D eigenvalue weighted by atomic mass is 19.4. The Labute approximate surface area is 163 Å². The molecule has 1 N–H and O–H groups in total. The summed E-state index contributed by atoms with van der Waals surface area (Å²) in [5.41, 5.74) is -0.493. The number of hydrogen-bond acceptors (Lipinski definition) is 6. The number of alkyl halides is 3. The molecule has 150 valence electrons. The highest BCUT2D eigenvalue weighted by molar-refractivity contribution is 5.94. The fraction of sp³-hybridized carbons (Fsp3) is 0.333. The first-order chi connectivity index (χ1) is 13.8. The predicted molar refractivity (Wildman–Crippen MR) is 94.0 cm³/mol. The van der Waals surface area contributed by atoms with Crippen LogP contribution in [0, 0.1) is 0 Å². The van der Waals surface area contributed by atoms with Crippen molar-refractivity contribution < 1.29 is 18.0 Å². The van der Waals surface area contributed by atoms with E-state index in [1.165, 1.54) is 35.7 Å². The molecule has 0 bridgehead atoms. The van der Waals surface area contributed by atoms with Crippen molar-refractivity contribution in [1.82, 2.24) is 35.3 Å². The van der Waals surface area contributed by atoms with Crippen LogP contribution in [0.15, 0.2) is 36.9 Å². The molecular weight excluding hydrogens is 387 g/mol. The van der Waals surface area contributed by atoms with Gasteiger partial charge in [0, 0.05) is 29.6 Å². The van der Waals surface area contributed by atoms with Crippen LogP contribution in [-0.2, 0) is 6.18 Å². The number of pyridine rings is 1. The summed E-state index contributed by atoms with van der Waals surface area (Å²) in [4.78, 5) is 26.1. The lowest BCUT2D eigenvalue weighted by molar-refractivity contribution is -0.141. The van der Waals surface area contributed by atoms with Crippen LogP contribution in [0.3, 0.4) is 0 Å². The van der Waals surface area contributed by atoms with Crippen LogP contribution < -0.4 is 5.32 Å². The molecule has 1 amide bonds. The number of halogens is 3. The SMILES string of the molecule is CC(NC(=O)c1cc(C2CC2)nc(C(F)(F)F)c1)c1nccnc1-n1nccn1. The lowest BCUT2D eigenvalue weighted by Gasteiger charge is -2.16. The monoisotopic (exact) mass is 403 g/mol. The van der Waals surface area contributed by atoms with Crippen molar-refractivity contribution in [3.63, 3.8) is 0 Å². The van der Waals surface area contributed by atoms with Crippen molar-refractivity contribution in [2.75, 3.05) is 0 Å². The van der Waals surface area contributed by atoms with Gasteiger partial charge in [-0.1, -0.05) is 0 Å². The maximum absolute atomic E-state index is 13.2. The highest BCUT2D eigenvalue weighted by Crippen LogP contribution is 2.40. The first-order valence-electron chi connectivity index (χ1n) is 8.90. The van der Waals surface area contributed by atoms with Gasteiger partial charge in [0.2, 0.25) is 0 Å². The van der Waals surface area contributed by atoms with Gasteiger partial charge in [-0.3, -0.25) is 9.78 Å². The maximum atomic E-state index is 13.2. The van der Waals surface area contributed by atoms with E-state index in [2.05, 4.69) is 30.5 Å². The van der Waals surface area contributed by atoms with E-state index in [-0.39, 0.29) is 11.5 Å². The van der Waals surface area contributed by atoms with Gasteiger partial charge >= 0.3 is 6.18 Å². The lowest BCUT2D eigenvalue weighted by Crippen LogP contribution is -2.29. The first kappa shape index (κ1) is 19.0. The zero-order valence-electron chi connectivity index (χ0n) is 15.3. The van der Waals surface area contributed by atoms with Crippen molar-refractivity contribution in [2.45, 2.75) is 37.9 Å². The Kier molecular flexibility index (Phi) is 4.73. The minimum absolute atomic E-state index is 0.0289. The summed E-state index contributed by atoms with van der Waals surface area (Å²) in [6.45, 7) is 1.66. The largest absolute Gasteiger partial charge is 0.433 e. The van der Waals surface area contributed by atoms with Gasteiger partial charge in [0.1, 0.15) is 11.4 Å². The van der Waals surface area contributed by atoms with Gasteiger partial charge < -0.3 is 5.32 Å². The average molecular weight is 403 g/mol. The molecule has 0 radical (unpaired) electrons. The number of rotatable bonds is 5. The molecular formula is C18H16F3N7O. The number of hydrogen-bond donors (Lipinski definition) is 1. The number of aromatic nitrogens is 6. The van der Waals surface area contributed by atoms with Crippen LogP contribution in [0.5, 0.6) is 0 Å². The summed E-state index contributed by atoms with van der Waals surface area (Å²) in [5.74, 6) is -0.370. The summed E-state index contributed by atoms with van der Waals surface area (Å²) < 4.78 is 39.6. The van der Waals surface area contributed by atoms with Gasteiger partial charge in [-0.15, -0.1) is 4.80 Å². The Morgan fingerprint density at radius 1 is 1.14 bits per heavy atom. The second-order valence-corrected chi connectivity index (χ2v) is 6.72. The van der Waals surface area contributed by atoms with E-state index >= 15 is 0 Å². The molecule has 4 rings (SSSR count). The van der Waals surface area contributed by atoms with Crippen molar-refractivity contribution in [1.29, 1.82) is 0 Å². The zero-order chi connectivity index (χ0) is 20.6. The summed E-state index contributed by atoms with van der Waals surface area (Å²) >= 11 is 0. The molecule has 0 saturated heterocycles. The van der Waals surface area contributed by atoms with Crippen molar-refractivity contribution in [3.05, 3.63) is 59.6 Å². The maximum Gasteiger partial charge on any atom is 0.433 e. The number of nitrogens with one attached hydrogen (secondary N) is 1. The molecule has 1 atom stereocenters. The molecule has 3 heterocycles. The van der Waals surface area contributed by atoms with Crippen LogP contribution >= 0.6 is 0 Å². The molecule has 1 fully saturated rings. The van der Waals surface area contributed by atoms with E-state index in [1.54, 1.807) is 6.92 Å². The number of nitrogens with zero attached hydrogens (tertiary/aromatic N) is 6. The Bertz CT molecular complexity index is 1030. The Morgan fingerprint density at radius 2 is 1.83 bits per heavy atom. The van der Waals surface area contributed by atoms with E-state index in [1.807, 2.05) is 0 Å². The number of amides is 1. The molecule has 11 heteroatoms. The average Bonchev–Trinajstić information content (AvgIpc) is 3.41.